The van der Waals surface area contributed by atoms with Gasteiger partial charge in [0, 0.05) is 5.38 Å². The van der Waals surface area contributed by atoms with Crippen molar-refractivity contribution in [3.05, 3.63) is 52.7 Å². The van der Waals surface area contributed by atoms with Crippen molar-refractivity contribution >= 4 is 23.1 Å². The second kappa shape index (κ2) is 5.32. The number of benzene rings is 1. The molecule has 4 heteroatoms. The highest BCUT2D eigenvalue weighted by Crippen LogP contribution is 2.12. The molecule has 16 heavy (non-hydrogen) atoms. The van der Waals surface area contributed by atoms with E-state index in [0.717, 1.165) is 11.3 Å². The van der Waals surface area contributed by atoms with Crippen LogP contribution in [0.5, 0.6) is 0 Å². The Labute approximate surface area is 97.7 Å². The quantitative estimate of drug-likeness (QED) is 0.881. The molecule has 0 spiro atoms. The van der Waals surface area contributed by atoms with Gasteiger partial charge in [-0.05, 0) is 17.0 Å². The van der Waals surface area contributed by atoms with E-state index >= 15 is 0 Å². The van der Waals surface area contributed by atoms with Gasteiger partial charge < -0.3 is 4.74 Å². The van der Waals surface area contributed by atoms with Crippen molar-refractivity contribution in [2.75, 3.05) is 5.32 Å². The van der Waals surface area contributed by atoms with Gasteiger partial charge in [0.15, 0.2) is 0 Å². The van der Waals surface area contributed by atoms with E-state index in [1.54, 1.807) is 0 Å². The van der Waals surface area contributed by atoms with Gasteiger partial charge in [-0.25, -0.2) is 4.79 Å². The van der Waals surface area contributed by atoms with Crippen molar-refractivity contribution in [1.29, 1.82) is 0 Å². The molecule has 0 bridgehead atoms. The van der Waals surface area contributed by atoms with E-state index in [1.807, 2.05) is 47.2 Å². The van der Waals surface area contributed by atoms with Crippen LogP contribution in [0.25, 0.3) is 0 Å². The van der Waals surface area contributed by atoms with Crippen LogP contribution in [-0.4, -0.2) is 6.09 Å². The topological polar surface area (TPSA) is 38.3 Å². The zero-order chi connectivity index (χ0) is 11.2. The maximum absolute atomic E-state index is 11.4. The fourth-order valence-electron chi connectivity index (χ4n) is 1.21. The van der Waals surface area contributed by atoms with Crippen molar-refractivity contribution in [2.45, 2.75) is 6.61 Å². The molecule has 82 valence electrons. The summed E-state index contributed by atoms with van der Waals surface area (Å²) in [6.45, 7) is 0.289. The largest absolute Gasteiger partial charge is 0.444 e. The molecule has 1 N–H and O–H groups in total. The highest BCUT2D eigenvalue weighted by Gasteiger charge is 2.03. The number of amides is 1. The average Bonchev–Trinajstić information content (AvgIpc) is 2.81. The predicted octanol–water partition coefficient (Wildman–Crippen LogP) is 3.50. The van der Waals surface area contributed by atoms with Crippen LogP contribution < -0.4 is 5.32 Å². The molecule has 0 radical (unpaired) electrons. The van der Waals surface area contributed by atoms with Gasteiger partial charge in [-0.15, -0.1) is 0 Å². The van der Waals surface area contributed by atoms with Crippen LogP contribution in [-0.2, 0) is 11.3 Å². The maximum atomic E-state index is 11.4. The van der Waals surface area contributed by atoms with E-state index in [-0.39, 0.29) is 6.61 Å². The van der Waals surface area contributed by atoms with E-state index in [0.29, 0.717) is 0 Å². The van der Waals surface area contributed by atoms with Crippen LogP contribution >= 0.6 is 11.3 Å². The number of hydrogen-bond donors (Lipinski definition) is 1. The molecule has 1 aromatic carbocycles. The lowest BCUT2D eigenvalue weighted by Crippen LogP contribution is -2.12. The Bertz CT molecular complexity index is 439. The number of carbonyl (C=O) groups excluding carboxylic acids is 1. The van der Waals surface area contributed by atoms with Gasteiger partial charge in [0.2, 0.25) is 0 Å². The van der Waals surface area contributed by atoms with Crippen molar-refractivity contribution in [3.8, 4) is 0 Å². The average molecular weight is 233 g/mol. The van der Waals surface area contributed by atoms with E-state index in [2.05, 4.69) is 5.32 Å². The van der Waals surface area contributed by atoms with Crippen LogP contribution in [0.3, 0.4) is 0 Å². The normalized spacial score (nSPS) is 9.75. The number of hydrogen-bond acceptors (Lipinski definition) is 3. The van der Waals surface area contributed by atoms with Crippen molar-refractivity contribution in [3.63, 3.8) is 0 Å². The summed E-state index contributed by atoms with van der Waals surface area (Å²) in [5, 5.41) is 6.39. The van der Waals surface area contributed by atoms with Gasteiger partial charge in [-0.1, -0.05) is 30.3 Å². The maximum Gasteiger partial charge on any atom is 0.411 e. The molecule has 0 saturated heterocycles. The molecule has 0 aliphatic rings. The lowest BCUT2D eigenvalue weighted by Gasteiger charge is -2.05. The van der Waals surface area contributed by atoms with Crippen molar-refractivity contribution < 1.29 is 9.53 Å². The molecule has 1 aromatic heterocycles. The zero-order valence-electron chi connectivity index (χ0n) is 8.55. The standard InChI is InChI=1S/C12H11NO2S/c14-12(13-11-6-7-16-9-11)15-8-10-4-2-1-3-5-10/h1-7,9H,8H2,(H,13,14). The molecule has 1 amide bonds. The number of anilines is 1. The fraction of sp³-hybridized carbons (Fsp3) is 0.0833. The Morgan fingerprint density at radius 3 is 2.75 bits per heavy atom. The van der Waals surface area contributed by atoms with Gasteiger partial charge in [-0.2, -0.15) is 11.3 Å². The second-order valence-corrected chi connectivity index (χ2v) is 3.98. The molecule has 0 aliphatic carbocycles. The van der Waals surface area contributed by atoms with Gasteiger partial charge in [0.25, 0.3) is 0 Å². The smallest absolute Gasteiger partial charge is 0.411 e. The van der Waals surface area contributed by atoms with Crippen molar-refractivity contribution in [1.82, 2.24) is 0 Å². The summed E-state index contributed by atoms with van der Waals surface area (Å²) in [6, 6.07) is 11.4. The molecular formula is C12H11NO2S. The number of rotatable bonds is 3. The van der Waals surface area contributed by atoms with Crippen LogP contribution in [0, 0.1) is 0 Å². The first-order valence-electron chi connectivity index (χ1n) is 4.84. The fourth-order valence-corrected chi connectivity index (χ4v) is 1.80. The molecule has 0 fully saturated rings. The van der Waals surface area contributed by atoms with Gasteiger partial charge in [0.1, 0.15) is 6.61 Å². The second-order valence-electron chi connectivity index (χ2n) is 3.20. The summed E-state index contributed by atoms with van der Waals surface area (Å²) in [7, 11) is 0. The predicted molar refractivity (Wildman–Crippen MR) is 64.6 cm³/mol. The Balaban J connectivity index is 1.80. The summed E-state index contributed by atoms with van der Waals surface area (Å²) in [5.41, 5.74) is 1.74. The summed E-state index contributed by atoms with van der Waals surface area (Å²) < 4.78 is 5.06. The SMILES string of the molecule is O=C(Nc1ccsc1)OCc1ccccc1. The number of thiophene rings is 1. The minimum atomic E-state index is -0.428. The Morgan fingerprint density at radius 2 is 2.06 bits per heavy atom. The summed E-state index contributed by atoms with van der Waals surface area (Å²) in [6.07, 6.45) is -0.428. The minimum Gasteiger partial charge on any atom is -0.444 e. The molecular weight excluding hydrogens is 222 g/mol. The summed E-state index contributed by atoms with van der Waals surface area (Å²) in [5.74, 6) is 0. The third-order valence-electron chi connectivity index (χ3n) is 1.98. The van der Waals surface area contributed by atoms with Crippen molar-refractivity contribution in [2.24, 2.45) is 0 Å². The molecule has 0 unspecified atom stereocenters. The van der Waals surface area contributed by atoms with Gasteiger partial charge in [-0.3, -0.25) is 5.32 Å². The summed E-state index contributed by atoms with van der Waals surface area (Å²) in [4.78, 5) is 11.4. The van der Waals surface area contributed by atoms with E-state index in [4.69, 9.17) is 4.74 Å². The van der Waals surface area contributed by atoms with E-state index < -0.39 is 6.09 Å². The lowest BCUT2D eigenvalue weighted by molar-refractivity contribution is 0.155. The molecule has 0 atom stereocenters. The number of ether oxygens (including phenoxy) is 1. The third-order valence-corrected chi connectivity index (χ3v) is 2.66. The molecule has 1 heterocycles. The summed E-state index contributed by atoms with van der Waals surface area (Å²) >= 11 is 1.53. The Kier molecular flexibility index (Phi) is 3.56. The zero-order valence-corrected chi connectivity index (χ0v) is 9.37. The van der Waals surface area contributed by atoms with Crippen LogP contribution in [0.15, 0.2) is 47.2 Å². The van der Waals surface area contributed by atoms with Gasteiger partial charge >= 0.3 is 6.09 Å². The van der Waals surface area contributed by atoms with Crippen LogP contribution in [0.2, 0.25) is 0 Å². The molecule has 2 rings (SSSR count). The number of nitrogens with one attached hydrogen (secondary N) is 1. The Hall–Kier alpha value is -1.81. The third kappa shape index (κ3) is 3.10. The monoisotopic (exact) mass is 233 g/mol. The van der Waals surface area contributed by atoms with E-state index in [1.165, 1.54) is 11.3 Å². The molecule has 0 saturated carbocycles. The highest BCUT2D eigenvalue weighted by atomic mass is 32.1. The van der Waals surface area contributed by atoms with E-state index in [9.17, 15) is 4.79 Å². The van der Waals surface area contributed by atoms with Crippen LogP contribution in [0.1, 0.15) is 5.56 Å². The number of carbonyl (C=O) groups is 1. The molecule has 0 aliphatic heterocycles. The molecule has 2 aromatic rings. The highest BCUT2D eigenvalue weighted by molar-refractivity contribution is 7.08. The van der Waals surface area contributed by atoms with Gasteiger partial charge in [0.05, 0.1) is 5.69 Å². The minimum absolute atomic E-state index is 0.289. The first kappa shape index (κ1) is 10.7. The molecule has 3 nitrogen and oxygen atoms in total. The first-order chi connectivity index (χ1) is 7.84. The van der Waals surface area contributed by atoms with Crippen LogP contribution in [0.4, 0.5) is 10.5 Å². The Morgan fingerprint density at radius 1 is 1.25 bits per heavy atom. The first-order valence-corrected chi connectivity index (χ1v) is 5.79. The lowest BCUT2D eigenvalue weighted by atomic mass is 10.2.